The summed E-state index contributed by atoms with van der Waals surface area (Å²) in [4.78, 5) is 2.24. The number of benzene rings is 1. The van der Waals surface area contributed by atoms with Crippen LogP contribution in [0.1, 0.15) is 37.8 Å². The molecule has 5 heteroatoms. The van der Waals surface area contributed by atoms with Gasteiger partial charge in [0, 0.05) is 42.6 Å². The summed E-state index contributed by atoms with van der Waals surface area (Å²) < 4.78 is 28.7. The first-order valence-corrected chi connectivity index (χ1v) is 7.72. The predicted molar refractivity (Wildman–Crippen MR) is 84.4 cm³/mol. The summed E-state index contributed by atoms with van der Waals surface area (Å²) in [5.74, 6) is 0. The predicted octanol–water partition coefficient (Wildman–Crippen LogP) is 4.19. The molecule has 22 heavy (non-hydrogen) atoms. The molecule has 1 atom stereocenters. The molecule has 0 radical (unpaired) electrons. The van der Waals surface area contributed by atoms with E-state index in [0.717, 1.165) is 36.2 Å². The van der Waals surface area contributed by atoms with Gasteiger partial charge < -0.3 is 4.90 Å². The highest BCUT2D eigenvalue weighted by Gasteiger charge is 2.27. The Morgan fingerprint density at radius 3 is 2.68 bits per heavy atom. The molecule has 0 saturated carbocycles. The van der Waals surface area contributed by atoms with Crippen molar-refractivity contribution in [3.63, 3.8) is 0 Å². The maximum Gasteiger partial charge on any atom is 0.264 e. The van der Waals surface area contributed by atoms with Crippen LogP contribution < -0.4 is 4.90 Å². The van der Waals surface area contributed by atoms with Crippen molar-refractivity contribution in [3.8, 4) is 11.1 Å². The topological polar surface area (TPSA) is 21.1 Å². The number of aromatic nitrogens is 2. The van der Waals surface area contributed by atoms with Gasteiger partial charge in [-0.05, 0) is 43.0 Å². The number of anilines is 1. The molecule has 2 heterocycles. The number of halogens is 2. The number of fused-ring (bicyclic) bond motifs is 1. The first kappa shape index (κ1) is 15.0. The van der Waals surface area contributed by atoms with Gasteiger partial charge in [0.25, 0.3) is 6.43 Å². The number of aryl methyl sites for hydroxylation is 1. The number of nitrogens with zero attached hydrogens (tertiary/aromatic N) is 3. The fourth-order valence-electron chi connectivity index (χ4n) is 3.15. The van der Waals surface area contributed by atoms with Crippen molar-refractivity contribution in [2.45, 2.75) is 39.2 Å². The SMILES string of the molecule is CCC(C)N1CCc2cc(-c3cnn(C)c3)c(C(F)F)cc21. The fraction of sp³-hybridized carbons (Fsp3) is 0.471. The molecule has 1 unspecified atom stereocenters. The van der Waals surface area contributed by atoms with Gasteiger partial charge >= 0.3 is 0 Å². The lowest BCUT2D eigenvalue weighted by Gasteiger charge is -2.27. The molecule has 0 spiro atoms. The minimum absolute atomic E-state index is 0.0990. The molecule has 0 saturated heterocycles. The zero-order valence-electron chi connectivity index (χ0n) is 13.2. The van der Waals surface area contributed by atoms with Gasteiger partial charge in [-0.1, -0.05) is 6.92 Å². The van der Waals surface area contributed by atoms with Crippen molar-refractivity contribution in [3.05, 3.63) is 35.7 Å². The molecule has 1 aliphatic heterocycles. The molecular formula is C17H21F2N3. The van der Waals surface area contributed by atoms with Crippen molar-refractivity contribution in [2.24, 2.45) is 7.05 Å². The van der Waals surface area contributed by atoms with Crippen molar-refractivity contribution >= 4 is 5.69 Å². The Bertz CT molecular complexity index is 679. The highest BCUT2D eigenvalue weighted by Crippen LogP contribution is 2.40. The molecule has 0 N–H and O–H groups in total. The van der Waals surface area contributed by atoms with Crippen LogP contribution in [0.15, 0.2) is 24.5 Å². The van der Waals surface area contributed by atoms with Crippen molar-refractivity contribution in [1.82, 2.24) is 9.78 Å². The van der Waals surface area contributed by atoms with Crippen LogP contribution in [-0.2, 0) is 13.5 Å². The number of alkyl halides is 2. The summed E-state index contributed by atoms with van der Waals surface area (Å²) in [6.07, 6.45) is 2.87. The summed E-state index contributed by atoms with van der Waals surface area (Å²) in [6, 6.07) is 3.98. The number of hydrogen-bond acceptors (Lipinski definition) is 2. The summed E-state index contributed by atoms with van der Waals surface area (Å²) in [6.45, 7) is 5.18. The Balaban J connectivity index is 2.10. The van der Waals surface area contributed by atoms with Crippen LogP contribution in [-0.4, -0.2) is 22.4 Å². The van der Waals surface area contributed by atoms with Crippen molar-refractivity contribution in [1.29, 1.82) is 0 Å². The van der Waals surface area contributed by atoms with Crippen LogP contribution in [0.3, 0.4) is 0 Å². The molecule has 3 rings (SSSR count). The van der Waals surface area contributed by atoms with E-state index in [-0.39, 0.29) is 5.56 Å². The Labute approximate surface area is 129 Å². The first-order chi connectivity index (χ1) is 10.5. The van der Waals surface area contributed by atoms with Gasteiger partial charge in [0.15, 0.2) is 0 Å². The average Bonchev–Trinajstić information content (AvgIpc) is 3.10. The maximum absolute atomic E-state index is 13.6. The highest BCUT2D eigenvalue weighted by atomic mass is 19.3. The van der Waals surface area contributed by atoms with Gasteiger partial charge in [0.1, 0.15) is 0 Å². The molecular weight excluding hydrogens is 284 g/mol. The third-order valence-corrected chi connectivity index (χ3v) is 4.56. The number of hydrogen-bond donors (Lipinski definition) is 0. The Morgan fingerprint density at radius 1 is 1.32 bits per heavy atom. The van der Waals surface area contributed by atoms with Gasteiger partial charge in [-0.15, -0.1) is 0 Å². The molecule has 1 aromatic heterocycles. The molecule has 1 aromatic carbocycles. The monoisotopic (exact) mass is 305 g/mol. The minimum Gasteiger partial charge on any atom is -0.368 e. The average molecular weight is 305 g/mol. The van der Waals surface area contributed by atoms with E-state index in [0.29, 0.717) is 11.6 Å². The highest BCUT2D eigenvalue weighted by molar-refractivity contribution is 5.74. The molecule has 3 nitrogen and oxygen atoms in total. The van der Waals surface area contributed by atoms with E-state index in [1.54, 1.807) is 30.2 Å². The summed E-state index contributed by atoms with van der Waals surface area (Å²) >= 11 is 0. The lowest BCUT2D eigenvalue weighted by atomic mass is 9.98. The van der Waals surface area contributed by atoms with Crippen molar-refractivity contribution < 1.29 is 8.78 Å². The van der Waals surface area contributed by atoms with Crippen molar-refractivity contribution in [2.75, 3.05) is 11.4 Å². The minimum atomic E-state index is -2.49. The summed E-state index contributed by atoms with van der Waals surface area (Å²) in [5.41, 5.74) is 3.58. The quantitative estimate of drug-likeness (QED) is 0.844. The summed E-state index contributed by atoms with van der Waals surface area (Å²) in [5, 5.41) is 4.10. The second kappa shape index (κ2) is 5.71. The van der Waals surface area contributed by atoms with Crippen LogP contribution in [0.5, 0.6) is 0 Å². The molecule has 118 valence electrons. The third kappa shape index (κ3) is 2.49. The summed E-state index contributed by atoms with van der Waals surface area (Å²) in [7, 11) is 1.80. The van der Waals surface area contributed by atoms with Crippen LogP contribution in [0.4, 0.5) is 14.5 Å². The molecule has 0 amide bonds. The zero-order chi connectivity index (χ0) is 15.9. The van der Waals surface area contributed by atoms with E-state index >= 15 is 0 Å². The normalized spacial score (nSPS) is 15.5. The standard InChI is InChI=1S/C17H21F2N3/c1-4-11(2)22-6-5-12-7-14(13-9-20-21(3)10-13)15(17(18)19)8-16(12)22/h7-11,17H,4-6H2,1-3H3. The van der Waals surface area contributed by atoms with E-state index in [9.17, 15) is 8.78 Å². The van der Waals surface area contributed by atoms with Crippen LogP contribution in [0, 0.1) is 0 Å². The molecule has 0 aliphatic carbocycles. The van der Waals surface area contributed by atoms with Gasteiger partial charge in [0.05, 0.1) is 6.20 Å². The van der Waals surface area contributed by atoms with E-state index in [1.807, 2.05) is 6.07 Å². The molecule has 1 aliphatic rings. The van der Waals surface area contributed by atoms with E-state index in [4.69, 9.17) is 0 Å². The smallest absolute Gasteiger partial charge is 0.264 e. The lowest BCUT2D eigenvalue weighted by Crippen LogP contribution is -2.30. The van der Waals surface area contributed by atoms with Crippen LogP contribution in [0.25, 0.3) is 11.1 Å². The molecule has 2 aromatic rings. The fourth-order valence-corrected chi connectivity index (χ4v) is 3.15. The maximum atomic E-state index is 13.6. The van der Waals surface area contributed by atoms with E-state index in [1.165, 1.54) is 0 Å². The largest absolute Gasteiger partial charge is 0.368 e. The second-order valence-electron chi connectivity index (χ2n) is 5.97. The lowest BCUT2D eigenvalue weighted by molar-refractivity contribution is 0.152. The molecule has 0 fully saturated rings. The van der Waals surface area contributed by atoms with E-state index in [2.05, 4.69) is 23.8 Å². The van der Waals surface area contributed by atoms with Crippen LogP contribution in [0.2, 0.25) is 0 Å². The Morgan fingerprint density at radius 2 is 2.09 bits per heavy atom. The van der Waals surface area contributed by atoms with Gasteiger partial charge in [-0.2, -0.15) is 5.10 Å². The molecule has 0 bridgehead atoms. The second-order valence-corrected chi connectivity index (χ2v) is 5.97. The van der Waals surface area contributed by atoms with Gasteiger partial charge in [0.2, 0.25) is 0 Å². The van der Waals surface area contributed by atoms with Crippen LogP contribution >= 0.6 is 0 Å². The zero-order valence-corrected chi connectivity index (χ0v) is 13.2. The Hall–Kier alpha value is -1.91. The Kier molecular flexibility index (Phi) is 3.89. The third-order valence-electron chi connectivity index (χ3n) is 4.56. The first-order valence-electron chi connectivity index (χ1n) is 7.72. The number of rotatable bonds is 4. The van der Waals surface area contributed by atoms with Gasteiger partial charge in [-0.3, -0.25) is 4.68 Å². The van der Waals surface area contributed by atoms with Gasteiger partial charge in [-0.25, -0.2) is 8.78 Å². The van der Waals surface area contributed by atoms with E-state index < -0.39 is 6.43 Å².